The highest BCUT2D eigenvalue weighted by atomic mass is 79.9. The van der Waals surface area contributed by atoms with Crippen LogP contribution in [0.25, 0.3) is 0 Å². The van der Waals surface area contributed by atoms with E-state index < -0.39 is 12.0 Å². The first-order valence-electron chi connectivity index (χ1n) is 4.89. The molecule has 0 fully saturated rings. The van der Waals surface area contributed by atoms with Gasteiger partial charge in [0.05, 0.1) is 5.69 Å². The van der Waals surface area contributed by atoms with E-state index in [-0.39, 0.29) is 0 Å². The zero-order valence-corrected chi connectivity index (χ0v) is 11.4. The molecule has 3 nitrogen and oxygen atoms in total. The lowest BCUT2D eigenvalue weighted by Gasteiger charge is -2.33. The van der Waals surface area contributed by atoms with Gasteiger partial charge in [0, 0.05) is 22.2 Å². The number of carbonyl (C=O) groups is 1. The number of rotatable bonds is 1. The lowest BCUT2D eigenvalue weighted by atomic mass is 10.2. The lowest BCUT2D eigenvalue weighted by Crippen LogP contribution is -2.43. The van der Waals surface area contributed by atoms with Crippen molar-refractivity contribution >= 4 is 39.3 Å². The van der Waals surface area contributed by atoms with E-state index in [0.29, 0.717) is 5.75 Å². The van der Waals surface area contributed by atoms with Crippen LogP contribution in [0.3, 0.4) is 0 Å². The minimum absolute atomic E-state index is 0.448. The normalized spacial score (nSPS) is 19.4. The van der Waals surface area contributed by atoms with Crippen LogP contribution in [0, 0.1) is 6.92 Å². The summed E-state index contributed by atoms with van der Waals surface area (Å²) in [5.74, 6) is -0.178. The molecule has 1 heterocycles. The maximum absolute atomic E-state index is 11.1. The van der Waals surface area contributed by atoms with Crippen molar-refractivity contribution in [3.63, 3.8) is 0 Å². The molecule has 1 aromatic carbocycles. The highest BCUT2D eigenvalue weighted by Gasteiger charge is 2.30. The van der Waals surface area contributed by atoms with Crippen LogP contribution < -0.4 is 4.90 Å². The minimum atomic E-state index is -0.770. The van der Waals surface area contributed by atoms with Gasteiger partial charge in [0.25, 0.3) is 0 Å². The summed E-state index contributed by atoms with van der Waals surface area (Å²) >= 11 is 5.11. The van der Waals surface area contributed by atoms with E-state index in [0.717, 1.165) is 15.1 Å². The predicted molar refractivity (Wildman–Crippen MR) is 69.4 cm³/mol. The molecular formula is C11H12BrNO2S. The maximum Gasteiger partial charge on any atom is 0.327 e. The molecule has 2 rings (SSSR count). The number of nitrogens with zero attached hydrogens (tertiary/aromatic N) is 1. The van der Waals surface area contributed by atoms with E-state index in [4.69, 9.17) is 5.11 Å². The number of hydrogen-bond acceptors (Lipinski definition) is 3. The number of carboxylic acids is 1. The molecule has 0 aliphatic carbocycles. The Hall–Kier alpha value is -0.680. The third kappa shape index (κ3) is 1.94. The zero-order chi connectivity index (χ0) is 11.9. The molecule has 0 aromatic heterocycles. The average Bonchev–Trinajstić information content (AvgIpc) is 2.15. The number of carboxylic acid groups (broad SMARTS) is 1. The van der Waals surface area contributed by atoms with Crippen molar-refractivity contribution in [2.75, 3.05) is 17.7 Å². The Balaban J connectivity index is 2.48. The molecule has 0 spiro atoms. The fourth-order valence-electron chi connectivity index (χ4n) is 1.83. The molecule has 1 unspecified atom stereocenters. The fourth-order valence-corrected chi connectivity index (χ4v) is 4.18. The highest BCUT2D eigenvalue weighted by Crippen LogP contribution is 2.42. The molecule has 0 amide bonds. The van der Waals surface area contributed by atoms with Crippen LogP contribution in [0.4, 0.5) is 5.69 Å². The van der Waals surface area contributed by atoms with Crippen molar-refractivity contribution < 1.29 is 9.90 Å². The second-order valence-electron chi connectivity index (χ2n) is 3.87. The van der Waals surface area contributed by atoms with Crippen molar-refractivity contribution in [3.05, 3.63) is 22.2 Å². The van der Waals surface area contributed by atoms with Crippen molar-refractivity contribution in [3.8, 4) is 0 Å². The Morgan fingerprint density at radius 2 is 2.31 bits per heavy atom. The monoisotopic (exact) mass is 301 g/mol. The number of halogens is 1. The van der Waals surface area contributed by atoms with Crippen LogP contribution in [0.2, 0.25) is 0 Å². The maximum atomic E-state index is 11.1. The minimum Gasteiger partial charge on any atom is -0.480 e. The Bertz CT molecular complexity index is 450. The van der Waals surface area contributed by atoms with Crippen LogP contribution in [0.15, 0.2) is 21.5 Å². The zero-order valence-electron chi connectivity index (χ0n) is 9.03. The van der Waals surface area contributed by atoms with Gasteiger partial charge in [0.1, 0.15) is 6.04 Å². The molecule has 1 aliphatic rings. The lowest BCUT2D eigenvalue weighted by molar-refractivity contribution is -0.138. The molecule has 1 atom stereocenters. The van der Waals surface area contributed by atoms with E-state index in [1.54, 1.807) is 11.8 Å². The first-order chi connectivity index (χ1) is 7.50. The second-order valence-corrected chi connectivity index (χ2v) is 5.79. The molecular weight excluding hydrogens is 290 g/mol. The van der Waals surface area contributed by atoms with Gasteiger partial charge in [-0.05, 0) is 40.5 Å². The van der Waals surface area contributed by atoms with E-state index in [2.05, 4.69) is 22.0 Å². The van der Waals surface area contributed by atoms with Gasteiger partial charge >= 0.3 is 5.97 Å². The van der Waals surface area contributed by atoms with Gasteiger partial charge in [-0.25, -0.2) is 4.79 Å². The predicted octanol–water partition coefficient (Wildman–Crippen LogP) is 2.75. The first kappa shape index (κ1) is 11.8. The molecule has 1 N–H and O–H groups in total. The Kier molecular flexibility index (Phi) is 3.17. The first-order valence-corrected chi connectivity index (χ1v) is 6.67. The topological polar surface area (TPSA) is 40.5 Å². The molecule has 0 bridgehead atoms. The van der Waals surface area contributed by atoms with Crippen LogP contribution in [0.5, 0.6) is 0 Å². The summed E-state index contributed by atoms with van der Waals surface area (Å²) in [6, 6.07) is 3.66. The van der Waals surface area contributed by atoms with Crippen molar-refractivity contribution in [1.82, 2.24) is 0 Å². The van der Waals surface area contributed by atoms with E-state index in [9.17, 15) is 4.79 Å². The van der Waals surface area contributed by atoms with E-state index in [1.165, 1.54) is 5.56 Å². The van der Waals surface area contributed by atoms with Gasteiger partial charge in [0.15, 0.2) is 0 Å². The number of hydrogen-bond donors (Lipinski definition) is 1. The molecule has 16 heavy (non-hydrogen) atoms. The van der Waals surface area contributed by atoms with Gasteiger partial charge in [-0.15, -0.1) is 11.8 Å². The second kappa shape index (κ2) is 4.30. The number of aliphatic carboxylic acids is 1. The van der Waals surface area contributed by atoms with Crippen LogP contribution in [-0.2, 0) is 4.79 Å². The SMILES string of the molecule is Cc1cc(Br)c2c(c1)SCC(C(=O)O)N2C. The van der Waals surface area contributed by atoms with Crippen LogP contribution in [0.1, 0.15) is 5.56 Å². The van der Waals surface area contributed by atoms with Crippen LogP contribution in [-0.4, -0.2) is 29.9 Å². The van der Waals surface area contributed by atoms with Gasteiger partial charge in [0.2, 0.25) is 0 Å². The Morgan fingerprint density at radius 3 is 2.94 bits per heavy atom. The number of anilines is 1. The summed E-state index contributed by atoms with van der Waals surface area (Å²) in [6.07, 6.45) is 0. The number of fused-ring (bicyclic) bond motifs is 1. The molecule has 0 saturated carbocycles. The highest BCUT2D eigenvalue weighted by molar-refractivity contribution is 9.10. The number of benzene rings is 1. The van der Waals surface area contributed by atoms with Gasteiger partial charge in [-0.1, -0.05) is 0 Å². The summed E-state index contributed by atoms with van der Waals surface area (Å²) in [6.45, 7) is 2.04. The quantitative estimate of drug-likeness (QED) is 0.866. The van der Waals surface area contributed by atoms with Crippen molar-refractivity contribution in [2.24, 2.45) is 0 Å². The molecule has 1 aromatic rings. The van der Waals surface area contributed by atoms with Gasteiger partial charge in [-0.2, -0.15) is 0 Å². The Labute approximate surface area is 107 Å². The average molecular weight is 302 g/mol. The van der Waals surface area contributed by atoms with Crippen molar-refractivity contribution in [1.29, 1.82) is 0 Å². The van der Waals surface area contributed by atoms with Crippen molar-refractivity contribution in [2.45, 2.75) is 17.9 Å². The molecule has 1 aliphatic heterocycles. The summed E-state index contributed by atoms with van der Waals surface area (Å²) in [5.41, 5.74) is 2.16. The number of aryl methyl sites for hydroxylation is 1. The third-order valence-electron chi connectivity index (χ3n) is 2.67. The third-order valence-corrected chi connectivity index (χ3v) is 4.38. The smallest absolute Gasteiger partial charge is 0.327 e. The summed E-state index contributed by atoms with van der Waals surface area (Å²) < 4.78 is 0.962. The number of likely N-dealkylation sites (N-methyl/N-ethyl adjacent to an activating group) is 1. The summed E-state index contributed by atoms with van der Waals surface area (Å²) in [7, 11) is 1.83. The summed E-state index contributed by atoms with van der Waals surface area (Å²) in [5, 5.41) is 9.11. The summed E-state index contributed by atoms with van der Waals surface area (Å²) in [4.78, 5) is 14.1. The Morgan fingerprint density at radius 1 is 1.62 bits per heavy atom. The van der Waals surface area contributed by atoms with Gasteiger partial charge in [-0.3, -0.25) is 0 Å². The molecule has 86 valence electrons. The largest absolute Gasteiger partial charge is 0.480 e. The van der Waals surface area contributed by atoms with Gasteiger partial charge < -0.3 is 10.0 Å². The standard InChI is InChI=1S/C11H12BrNO2S/c1-6-3-7(12)10-9(4-6)16-5-8(11(14)15)13(10)2/h3-4,8H,5H2,1-2H3,(H,14,15). The van der Waals surface area contributed by atoms with E-state index in [1.807, 2.05) is 24.9 Å². The fraction of sp³-hybridized carbons (Fsp3) is 0.364. The number of thioether (sulfide) groups is 1. The molecule has 0 radical (unpaired) electrons. The van der Waals surface area contributed by atoms with E-state index >= 15 is 0 Å². The molecule has 5 heteroatoms. The molecule has 0 saturated heterocycles. The van der Waals surface area contributed by atoms with Crippen LogP contribution >= 0.6 is 27.7 Å².